The molecule has 0 aliphatic heterocycles. The van der Waals surface area contributed by atoms with Gasteiger partial charge in [-0.2, -0.15) is 0 Å². The topological polar surface area (TPSA) is 108 Å². The van der Waals surface area contributed by atoms with Crippen LogP contribution in [0.2, 0.25) is 0 Å². The van der Waals surface area contributed by atoms with Gasteiger partial charge in [-0.15, -0.1) is 0 Å². The number of nitrogens with one attached hydrogen (secondary N) is 2. The number of anilines is 1. The monoisotopic (exact) mass is 265 g/mol. The highest BCUT2D eigenvalue weighted by Crippen LogP contribution is 2.17. The Morgan fingerprint density at radius 1 is 1.62 bits per heavy atom. The van der Waals surface area contributed by atoms with E-state index in [0.29, 0.717) is 5.13 Å². The smallest absolute Gasteiger partial charge is 0.347 e. The number of hydrogen-bond acceptors (Lipinski definition) is 6. The number of carboxylic acid groups (broad SMARTS) is 1. The average Bonchev–Trinajstić information content (AvgIpc) is 2.66. The second kappa shape index (κ2) is 5.23. The lowest BCUT2D eigenvalue weighted by Crippen LogP contribution is -2.26. The van der Waals surface area contributed by atoms with Crippen molar-refractivity contribution >= 4 is 32.5 Å². The lowest BCUT2D eigenvalue weighted by Gasteiger charge is -2.02. The highest BCUT2D eigenvalue weighted by molar-refractivity contribution is 7.89. The van der Waals surface area contributed by atoms with Crippen LogP contribution in [-0.2, 0) is 10.0 Å². The Hall–Kier alpha value is -1.19. The van der Waals surface area contributed by atoms with Crippen LogP contribution in [0.4, 0.5) is 5.13 Å². The van der Waals surface area contributed by atoms with E-state index in [-0.39, 0.29) is 17.2 Å². The largest absolute Gasteiger partial charge is 0.477 e. The summed E-state index contributed by atoms with van der Waals surface area (Å²) in [7, 11) is -1.92. The highest BCUT2D eigenvalue weighted by Gasteiger charge is 2.09. The highest BCUT2D eigenvalue weighted by atomic mass is 32.2. The van der Waals surface area contributed by atoms with Crippen molar-refractivity contribution in [3.63, 3.8) is 0 Å². The molecule has 0 amide bonds. The van der Waals surface area contributed by atoms with E-state index in [9.17, 15) is 13.2 Å². The Bertz CT molecular complexity index is 468. The predicted octanol–water partition coefficient (Wildman–Crippen LogP) is -0.198. The molecular formula is C7H11N3O4S2. The summed E-state index contributed by atoms with van der Waals surface area (Å²) >= 11 is 0.962. The van der Waals surface area contributed by atoms with Gasteiger partial charge in [0, 0.05) is 6.54 Å². The summed E-state index contributed by atoms with van der Waals surface area (Å²) in [6.07, 6.45) is 1.22. The first-order chi connectivity index (χ1) is 7.44. The Morgan fingerprint density at radius 2 is 2.31 bits per heavy atom. The van der Waals surface area contributed by atoms with Gasteiger partial charge >= 0.3 is 5.97 Å². The molecule has 0 spiro atoms. The van der Waals surface area contributed by atoms with E-state index < -0.39 is 16.0 Å². The van der Waals surface area contributed by atoms with Crippen LogP contribution in [0.25, 0.3) is 0 Å². The number of sulfonamides is 1. The molecule has 1 aromatic heterocycles. The molecule has 0 unspecified atom stereocenters. The first-order valence-electron chi connectivity index (χ1n) is 4.29. The van der Waals surface area contributed by atoms with E-state index in [1.54, 1.807) is 0 Å². The van der Waals surface area contributed by atoms with Gasteiger partial charge in [0.05, 0.1) is 11.9 Å². The molecule has 7 nitrogen and oxygen atoms in total. The van der Waals surface area contributed by atoms with Crippen molar-refractivity contribution in [1.82, 2.24) is 9.71 Å². The second-order valence-electron chi connectivity index (χ2n) is 2.78. The molecule has 0 bridgehead atoms. The molecule has 0 saturated carbocycles. The van der Waals surface area contributed by atoms with Gasteiger partial charge in [-0.3, -0.25) is 0 Å². The molecule has 0 radical (unpaired) electrons. The van der Waals surface area contributed by atoms with Crippen LogP contribution in [0.5, 0.6) is 0 Å². The molecule has 9 heteroatoms. The van der Waals surface area contributed by atoms with Crippen molar-refractivity contribution in [3.8, 4) is 0 Å². The van der Waals surface area contributed by atoms with Crippen molar-refractivity contribution < 1.29 is 18.3 Å². The zero-order chi connectivity index (χ0) is 12.2. The fraction of sp³-hybridized carbons (Fsp3) is 0.429. The molecule has 3 N–H and O–H groups in total. The van der Waals surface area contributed by atoms with Gasteiger partial charge < -0.3 is 10.4 Å². The summed E-state index contributed by atoms with van der Waals surface area (Å²) in [5.41, 5.74) is 0. The van der Waals surface area contributed by atoms with E-state index in [2.05, 4.69) is 15.0 Å². The molecule has 16 heavy (non-hydrogen) atoms. The normalized spacial score (nSPS) is 11.3. The third kappa shape index (κ3) is 3.76. The van der Waals surface area contributed by atoms with Crippen molar-refractivity contribution in [2.24, 2.45) is 0 Å². The van der Waals surface area contributed by atoms with Gasteiger partial charge in [-0.25, -0.2) is 22.9 Å². The molecule has 0 atom stereocenters. The number of hydrogen-bond donors (Lipinski definition) is 3. The maximum atomic E-state index is 11.0. The molecular weight excluding hydrogens is 254 g/mol. The number of nitrogens with zero attached hydrogens (tertiary/aromatic N) is 1. The number of aromatic nitrogens is 1. The average molecular weight is 265 g/mol. The number of carbonyl (C=O) groups is 1. The minimum Gasteiger partial charge on any atom is -0.477 e. The fourth-order valence-corrected chi connectivity index (χ4v) is 2.10. The van der Waals surface area contributed by atoms with E-state index in [1.807, 2.05) is 0 Å². The number of aromatic carboxylic acids is 1. The fourth-order valence-electron chi connectivity index (χ4n) is 0.849. The lowest BCUT2D eigenvalue weighted by atomic mass is 10.6. The Labute approximate surface area is 96.6 Å². The van der Waals surface area contributed by atoms with Crippen molar-refractivity contribution in [1.29, 1.82) is 0 Å². The molecule has 0 fully saturated rings. The maximum Gasteiger partial charge on any atom is 0.347 e. The maximum absolute atomic E-state index is 11.0. The summed E-state index contributed by atoms with van der Waals surface area (Å²) in [5.74, 6) is -1.14. The van der Waals surface area contributed by atoms with Gasteiger partial charge in [0.1, 0.15) is 4.88 Å². The van der Waals surface area contributed by atoms with E-state index in [4.69, 9.17) is 5.11 Å². The first kappa shape index (κ1) is 12.9. The predicted molar refractivity (Wildman–Crippen MR) is 60.4 cm³/mol. The van der Waals surface area contributed by atoms with Crippen molar-refractivity contribution in [2.75, 3.05) is 24.7 Å². The van der Waals surface area contributed by atoms with Crippen LogP contribution in [0.1, 0.15) is 9.67 Å². The minimum atomic E-state index is -3.25. The molecule has 1 rings (SSSR count). The van der Waals surface area contributed by atoms with Gasteiger partial charge in [-0.05, 0) is 7.05 Å². The number of carboxylic acids is 1. The van der Waals surface area contributed by atoms with Gasteiger partial charge in [0.2, 0.25) is 10.0 Å². The van der Waals surface area contributed by atoms with Crippen molar-refractivity contribution in [3.05, 3.63) is 11.1 Å². The molecule has 1 aromatic rings. The quantitative estimate of drug-likeness (QED) is 0.657. The van der Waals surface area contributed by atoms with Crippen LogP contribution in [0, 0.1) is 0 Å². The lowest BCUT2D eigenvalue weighted by molar-refractivity contribution is 0.0702. The van der Waals surface area contributed by atoms with E-state index in [0.717, 1.165) is 11.3 Å². The standard InChI is InChI=1S/C7H11N3O4S2/c1-8-16(13,14)3-2-9-7-10-4-5(15-7)6(11)12/h4,8H,2-3H2,1H3,(H,9,10)(H,11,12). The minimum absolute atomic E-state index is 0.0918. The molecule has 0 aromatic carbocycles. The zero-order valence-electron chi connectivity index (χ0n) is 8.43. The zero-order valence-corrected chi connectivity index (χ0v) is 10.1. The van der Waals surface area contributed by atoms with Crippen LogP contribution in [0.15, 0.2) is 6.20 Å². The summed E-state index contributed by atoms with van der Waals surface area (Å²) in [6.45, 7) is 0.176. The Morgan fingerprint density at radius 3 is 2.81 bits per heavy atom. The third-order valence-corrected chi connectivity index (χ3v) is 3.98. The molecule has 90 valence electrons. The molecule has 1 heterocycles. The first-order valence-corrected chi connectivity index (χ1v) is 6.75. The van der Waals surface area contributed by atoms with Crippen LogP contribution in [0.3, 0.4) is 0 Å². The molecule has 0 aliphatic rings. The van der Waals surface area contributed by atoms with Gasteiger partial charge in [0.25, 0.3) is 0 Å². The number of thiazole rings is 1. The van der Waals surface area contributed by atoms with Gasteiger partial charge in [-0.1, -0.05) is 11.3 Å². The number of rotatable bonds is 6. The third-order valence-electron chi connectivity index (χ3n) is 1.67. The van der Waals surface area contributed by atoms with E-state index >= 15 is 0 Å². The van der Waals surface area contributed by atoms with Crippen LogP contribution >= 0.6 is 11.3 Å². The van der Waals surface area contributed by atoms with Crippen molar-refractivity contribution in [2.45, 2.75) is 0 Å². The van der Waals surface area contributed by atoms with E-state index in [1.165, 1.54) is 13.2 Å². The Kier molecular flexibility index (Phi) is 4.21. The van der Waals surface area contributed by atoms with Crippen LogP contribution < -0.4 is 10.0 Å². The summed E-state index contributed by atoms with van der Waals surface area (Å²) < 4.78 is 24.3. The summed E-state index contributed by atoms with van der Waals surface area (Å²) in [4.78, 5) is 14.4. The molecule has 0 aliphatic carbocycles. The second-order valence-corrected chi connectivity index (χ2v) is 5.86. The molecule has 0 saturated heterocycles. The summed E-state index contributed by atoms with van der Waals surface area (Å²) in [6, 6.07) is 0. The van der Waals surface area contributed by atoms with Gasteiger partial charge in [0.15, 0.2) is 5.13 Å². The Balaban J connectivity index is 2.46. The summed E-state index contributed by atoms with van der Waals surface area (Å²) in [5, 5.41) is 11.8. The SMILES string of the molecule is CNS(=O)(=O)CCNc1ncc(C(=O)O)s1. The van der Waals surface area contributed by atoms with Crippen LogP contribution in [-0.4, -0.2) is 43.8 Å².